The maximum Gasteiger partial charge on any atom is 0.438 e. The van der Waals surface area contributed by atoms with Crippen LogP contribution in [0.4, 0.5) is 0 Å². The van der Waals surface area contributed by atoms with E-state index < -0.39 is 26.9 Å². The highest BCUT2D eigenvalue weighted by atomic mass is 32.1. The van der Waals surface area contributed by atoms with Crippen molar-refractivity contribution in [2.24, 2.45) is 5.92 Å². The summed E-state index contributed by atoms with van der Waals surface area (Å²) < 4.78 is 30.4. The Kier molecular flexibility index (Phi) is 8.30. The quantitative estimate of drug-likeness (QED) is 0.238. The fourth-order valence-electron chi connectivity index (χ4n) is 1.00. The number of hydrogen-bond acceptors (Lipinski definition) is 7. The summed E-state index contributed by atoms with van der Waals surface area (Å²) >= 11 is 0. The van der Waals surface area contributed by atoms with Gasteiger partial charge in [0, 0.05) is 0 Å². The van der Waals surface area contributed by atoms with Crippen LogP contribution in [0.3, 0.4) is 0 Å². The summed E-state index contributed by atoms with van der Waals surface area (Å²) in [6, 6.07) is 0. The molecular weight excluding hydrogens is 290 g/mol. The van der Waals surface area contributed by atoms with Gasteiger partial charge in [0.2, 0.25) is 0 Å². The minimum Gasteiger partial charge on any atom is -0.481 e. The highest BCUT2D eigenvalue weighted by molar-refractivity contribution is 8.20. The lowest BCUT2D eigenvalue weighted by molar-refractivity contribution is -0.441. The predicted molar refractivity (Wildman–Crippen MR) is 60.1 cm³/mol. The molecule has 0 aromatic carbocycles. The Labute approximate surface area is 103 Å². The van der Waals surface area contributed by atoms with E-state index in [1.165, 1.54) is 6.08 Å². The Bertz CT molecular complexity index is 355. The van der Waals surface area contributed by atoms with E-state index in [2.05, 4.69) is 20.8 Å². The van der Waals surface area contributed by atoms with E-state index in [9.17, 15) is 13.9 Å². The number of carboxylic acid groups (broad SMARTS) is 1. The fourth-order valence-corrected chi connectivity index (χ4v) is 2.55. The molecule has 0 aliphatic rings. The van der Waals surface area contributed by atoms with Crippen LogP contribution >= 0.6 is 15.0 Å². The lowest BCUT2D eigenvalue weighted by Gasteiger charge is -2.14. The van der Waals surface area contributed by atoms with Gasteiger partial charge in [0.05, 0.1) is 13.0 Å². The monoisotopic (exact) mass is 304 g/mol. The lowest BCUT2D eigenvalue weighted by atomic mass is 10.0. The zero-order valence-corrected chi connectivity index (χ0v) is 11.1. The molecule has 0 saturated carbocycles. The van der Waals surface area contributed by atoms with Gasteiger partial charge in [-0.2, -0.15) is 0 Å². The molecule has 0 fully saturated rings. The molecule has 0 rings (SSSR count). The predicted octanol–water partition coefficient (Wildman–Crippen LogP) is 1.67. The van der Waals surface area contributed by atoms with Crippen molar-refractivity contribution in [3.8, 4) is 0 Å². The molecule has 3 atom stereocenters. The third-order valence-corrected chi connectivity index (χ3v) is 5.16. The molecule has 0 spiro atoms. The first-order chi connectivity index (χ1) is 8.35. The average molecular weight is 304 g/mol. The number of rotatable bonds is 10. The number of carboxylic acids is 1. The van der Waals surface area contributed by atoms with E-state index in [4.69, 9.17) is 15.3 Å². The topological polar surface area (TPSA) is 140 Å². The van der Waals surface area contributed by atoms with E-state index in [0.29, 0.717) is 0 Å². The molecule has 106 valence electrons. The van der Waals surface area contributed by atoms with Gasteiger partial charge in [-0.05, 0) is 12.3 Å². The maximum atomic E-state index is 11.4. The van der Waals surface area contributed by atoms with Crippen LogP contribution in [-0.2, 0) is 28.2 Å². The molecule has 0 aliphatic heterocycles. The highest BCUT2D eigenvalue weighted by Gasteiger charge is 2.33. The minimum atomic E-state index is -4.44. The number of aliphatic carboxylic acids is 1. The summed E-state index contributed by atoms with van der Waals surface area (Å²) in [6.45, 7) is 3.09. The summed E-state index contributed by atoms with van der Waals surface area (Å²) in [6.07, 6.45) is 1.26. The maximum absolute atomic E-state index is 11.4. The second-order valence-corrected chi connectivity index (χ2v) is 7.90. The van der Waals surface area contributed by atoms with Crippen molar-refractivity contribution < 1.29 is 43.4 Å². The SMILES string of the molecule is C=CC(CCOP(=O)(OOO)[PH](=O)O)CC(=O)O. The van der Waals surface area contributed by atoms with Crippen molar-refractivity contribution >= 4 is 21.0 Å². The van der Waals surface area contributed by atoms with Crippen molar-refractivity contribution in [1.29, 1.82) is 0 Å². The molecule has 0 radical (unpaired) electrons. The van der Waals surface area contributed by atoms with Gasteiger partial charge in [-0.25, -0.2) is 9.82 Å². The Morgan fingerprint density at radius 2 is 2.17 bits per heavy atom. The molecule has 0 aromatic rings. The van der Waals surface area contributed by atoms with Gasteiger partial charge in [-0.15, -0.1) is 11.3 Å². The van der Waals surface area contributed by atoms with Crippen LogP contribution in [0.25, 0.3) is 0 Å². The van der Waals surface area contributed by atoms with Gasteiger partial charge in [-0.3, -0.25) is 9.36 Å². The summed E-state index contributed by atoms with van der Waals surface area (Å²) in [5.74, 6) is -1.50. The molecule has 3 N–H and O–H groups in total. The van der Waals surface area contributed by atoms with E-state index >= 15 is 0 Å². The Hall–Kier alpha value is -0.530. The smallest absolute Gasteiger partial charge is 0.438 e. The summed E-state index contributed by atoms with van der Waals surface area (Å²) in [5.41, 5.74) is 0. The van der Waals surface area contributed by atoms with E-state index in [-0.39, 0.29) is 19.4 Å². The van der Waals surface area contributed by atoms with Crippen LogP contribution < -0.4 is 0 Å². The molecule has 0 saturated heterocycles. The summed E-state index contributed by atoms with van der Waals surface area (Å²) in [5, 5.41) is 19.5. The molecule has 18 heavy (non-hydrogen) atoms. The largest absolute Gasteiger partial charge is 0.481 e. The van der Waals surface area contributed by atoms with Gasteiger partial charge in [0.15, 0.2) is 0 Å². The van der Waals surface area contributed by atoms with Crippen LogP contribution in [-0.4, -0.2) is 27.8 Å². The number of hydrogen-bond donors (Lipinski definition) is 3. The summed E-state index contributed by atoms with van der Waals surface area (Å²) in [7, 11) is -8.17. The third-order valence-electron chi connectivity index (χ3n) is 1.89. The minimum absolute atomic E-state index is 0.101. The van der Waals surface area contributed by atoms with Crippen molar-refractivity contribution in [2.75, 3.05) is 6.61 Å². The first-order valence-electron chi connectivity index (χ1n) is 4.68. The molecule has 0 aliphatic carbocycles. The van der Waals surface area contributed by atoms with Gasteiger partial charge in [-0.1, -0.05) is 11.1 Å². The van der Waals surface area contributed by atoms with Crippen molar-refractivity contribution in [2.45, 2.75) is 12.8 Å². The Balaban J connectivity index is 4.29. The van der Waals surface area contributed by atoms with Crippen LogP contribution in [0, 0.1) is 5.92 Å². The van der Waals surface area contributed by atoms with Crippen molar-refractivity contribution in [1.82, 2.24) is 0 Å². The van der Waals surface area contributed by atoms with Gasteiger partial charge in [0.25, 0.3) is 0 Å². The normalized spacial score (nSPS) is 17.7. The highest BCUT2D eigenvalue weighted by Crippen LogP contribution is 2.68. The molecule has 0 aromatic heterocycles. The van der Waals surface area contributed by atoms with E-state index in [0.717, 1.165) is 0 Å². The molecule has 0 bridgehead atoms. The molecule has 0 amide bonds. The first-order valence-corrected chi connectivity index (χ1v) is 8.42. The van der Waals surface area contributed by atoms with Gasteiger partial charge in [0.1, 0.15) is 0 Å². The standard InChI is InChI=1S/C7H14O9P2/c1-2-6(5-7(8)9)3-4-14-18(13,16-15-10)17(11)12/h2,6,10,17H,1,3-5H2,(H,8,9)(H,11,12). The van der Waals surface area contributed by atoms with Gasteiger partial charge >= 0.3 is 21.0 Å². The molecule has 0 heterocycles. The van der Waals surface area contributed by atoms with E-state index in [1.807, 2.05) is 0 Å². The Morgan fingerprint density at radius 3 is 2.56 bits per heavy atom. The zero-order valence-electron chi connectivity index (χ0n) is 9.22. The number of carbonyl (C=O) groups is 1. The van der Waals surface area contributed by atoms with Crippen molar-refractivity contribution in [3.05, 3.63) is 12.7 Å². The van der Waals surface area contributed by atoms with Gasteiger partial charge < -0.3 is 14.5 Å². The first kappa shape index (κ1) is 17.5. The van der Waals surface area contributed by atoms with Crippen LogP contribution in [0.15, 0.2) is 12.7 Å². The zero-order chi connectivity index (χ0) is 14.2. The van der Waals surface area contributed by atoms with Crippen LogP contribution in [0.5, 0.6) is 0 Å². The Morgan fingerprint density at radius 1 is 1.56 bits per heavy atom. The van der Waals surface area contributed by atoms with E-state index in [1.54, 1.807) is 0 Å². The second-order valence-electron chi connectivity index (χ2n) is 3.14. The fraction of sp³-hybridized carbons (Fsp3) is 0.571. The molecule has 3 unspecified atom stereocenters. The summed E-state index contributed by atoms with van der Waals surface area (Å²) in [4.78, 5) is 19.1. The van der Waals surface area contributed by atoms with Crippen LogP contribution in [0.2, 0.25) is 0 Å². The number of allylic oxidation sites excluding steroid dienone is 1. The molecular formula is C7H14O9P2. The third kappa shape index (κ3) is 6.42. The molecule has 9 nitrogen and oxygen atoms in total. The van der Waals surface area contributed by atoms with Crippen molar-refractivity contribution in [3.63, 3.8) is 0 Å². The lowest BCUT2D eigenvalue weighted by Crippen LogP contribution is -2.08. The second kappa shape index (κ2) is 8.55. The average Bonchev–Trinajstić information content (AvgIpc) is 2.27. The molecule has 11 heteroatoms. The van der Waals surface area contributed by atoms with Crippen LogP contribution in [0.1, 0.15) is 12.8 Å².